The molecule has 0 saturated carbocycles. The summed E-state index contributed by atoms with van der Waals surface area (Å²) in [7, 11) is 1.37. The van der Waals surface area contributed by atoms with Crippen LogP contribution in [0.2, 0.25) is 0 Å². The summed E-state index contributed by atoms with van der Waals surface area (Å²) >= 11 is 3.39. The zero-order chi connectivity index (χ0) is 11.1. The molecule has 2 rings (SSSR count). The van der Waals surface area contributed by atoms with Crippen LogP contribution in [0.3, 0.4) is 0 Å². The standard InChI is InChI=1S/C10H12BrNO3/c1-15-9(14)10(11)3-2-7-5-12(6-13)8(7)4-10/h4,6-7H,2-3,5H2,1H3. The maximum atomic E-state index is 11.5. The van der Waals surface area contributed by atoms with Gasteiger partial charge in [-0.3, -0.25) is 9.59 Å². The van der Waals surface area contributed by atoms with Crippen LogP contribution in [-0.2, 0) is 14.3 Å². The first-order chi connectivity index (χ1) is 7.10. The Bertz CT molecular complexity index is 342. The van der Waals surface area contributed by atoms with Crippen molar-refractivity contribution in [2.24, 2.45) is 5.92 Å². The lowest BCUT2D eigenvalue weighted by atomic mass is 9.80. The second kappa shape index (κ2) is 3.63. The molecular formula is C10H12BrNO3. The third-order valence-corrected chi connectivity index (χ3v) is 4.00. The van der Waals surface area contributed by atoms with E-state index in [2.05, 4.69) is 15.9 Å². The second-order valence-corrected chi connectivity index (χ2v) is 5.33. The maximum Gasteiger partial charge on any atom is 0.326 e. The van der Waals surface area contributed by atoms with Crippen LogP contribution in [0, 0.1) is 5.92 Å². The quantitative estimate of drug-likeness (QED) is 0.430. The Balaban J connectivity index is 2.24. The number of alkyl halides is 1. The third kappa shape index (κ3) is 1.58. The van der Waals surface area contributed by atoms with Gasteiger partial charge in [0.15, 0.2) is 0 Å². The molecule has 1 heterocycles. The number of esters is 1. The van der Waals surface area contributed by atoms with Crippen LogP contribution in [0.1, 0.15) is 12.8 Å². The molecule has 15 heavy (non-hydrogen) atoms. The Labute approximate surface area is 96.4 Å². The number of ether oxygens (including phenoxy) is 1. The van der Waals surface area contributed by atoms with E-state index in [1.54, 1.807) is 4.90 Å². The molecular weight excluding hydrogens is 262 g/mol. The topological polar surface area (TPSA) is 46.6 Å². The van der Waals surface area contributed by atoms with Crippen LogP contribution >= 0.6 is 15.9 Å². The van der Waals surface area contributed by atoms with Crippen molar-refractivity contribution in [3.8, 4) is 0 Å². The first kappa shape index (κ1) is 10.7. The number of hydrogen-bond donors (Lipinski definition) is 0. The van der Waals surface area contributed by atoms with Crippen LogP contribution < -0.4 is 0 Å². The van der Waals surface area contributed by atoms with Gasteiger partial charge in [0.25, 0.3) is 0 Å². The summed E-state index contributed by atoms with van der Waals surface area (Å²) in [5.74, 6) is 0.136. The first-order valence-corrected chi connectivity index (χ1v) is 5.62. The Morgan fingerprint density at radius 1 is 1.80 bits per heavy atom. The number of rotatable bonds is 2. The van der Waals surface area contributed by atoms with E-state index in [1.165, 1.54) is 7.11 Å². The zero-order valence-corrected chi connectivity index (χ0v) is 9.99. The molecule has 2 aliphatic rings. The highest BCUT2D eigenvalue weighted by molar-refractivity contribution is 9.10. The van der Waals surface area contributed by atoms with Crippen LogP contribution in [0.25, 0.3) is 0 Å². The van der Waals surface area contributed by atoms with Gasteiger partial charge in [-0.05, 0) is 18.9 Å². The minimum atomic E-state index is -0.741. The van der Waals surface area contributed by atoms with E-state index in [4.69, 9.17) is 4.74 Å². The van der Waals surface area contributed by atoms with Crippen LogP contribution in [0.15, 0.2) is 11.8 Å². The van der Waals surface area contributed by atoms with Crippen molar-refractivity contribution >= 4 is 28.3 Å². The van der Waals surface area contributed by atoms with Gasteiger partial charge in [-0.1, -0.05) is 15.9 Å². The third-order valence-electron chi connectivity index (χ3n) is 3.05. The lowest BCUT2D eigenvalue weighted by Gasteiger charge is -2.45. The van der Waals surface area contributed by atoms with E-state index in [9.17, 15) is 9.59 Å². The van der Waals surface area contributed by atoms with Crippen molar-refractivity contribution in [3.05, 3.63) is 11.8 Å². The van der Waals surface area contributed by atoms with Crippen LogP contribution in [0.4, 0.5) is 0 Å². The van der Waals surface area contributed by atoms with E-state index in [0.29, 0.717) is 5.92 Å². The summed E-state index contributed by atoms with van der Waals surface area (Å²) < 4.78 is 3.99. The van der Waals surface area contributed by atoms with Crippen molar-refractivity contribution in [2.75, 3.05) is 13.7 Å². The number of fused-ring (bicyclic) bond motifs is 1. The average Bonchev–Trinajstić information content (AvgIpc) is 2.22. The minimum absolute atomic E-state index is 0.300. The molecule has 4 nitrogen and oxygen atoms in total. The maximum absolute atomic E-state index is 11.5. The van der Waals surface area contributed by atoms with Gasteiger partial charge in [0.2, 0.25) is 6.41 Å². The van der Waals surface area contributed by atoms with E-state index in [-0.39, 0.29) is 5.97 Å². The van der Waals surface area contributed by atoms with Crippen molar-refractivity contribution in [1.29, 1.82) is 0 Å². The number of carbonyl (C=O) groups is 2. The molecule has 0 bridgehead atoms. The van der Waals surface area contributed by atoms with Crippen molar-refractivity contribution in [3.63, 3.8) is 0 Å². The highest BCUT2D eigenvalue weighted by atomic mass is 79.9. The molecule has 1 fully saturated rings. The summed E-state index contributed by atoms with van der Waals surface area (Å²) in [6.07, 6.45) is 4.25. The molecule has 0 spiro atoms. The zero-order valence-electron chi connectivity index (χ0n) is 8.40. The number of amides is 1. The summed E-state index contributed by atoms with van der Waals surface area (Å²) in [5, 5.41) is 0. The second-order valence-electron chi connectivity index (χ2n) is 3.92. The summed E-state index contributed by atoms with van der Waals surface area (Å²) in [6.45, 7) is 0.777. The largest absolute Gasteiger partial charge is 0.468 e. The molecule has 1 saturated heterocycles. The van der Waals surface area contributed by atoms with E-state index in [0.717, 1.165) is 31.5 Å². The van der Waals surface area contributed by atoms with E-state index < -0.39 is 4.32 Å². The predicted molar refractivity (Wildman–Crippen MR) is 57.3 cm³/mol. The molecule has 1 amide bonds. The molecule has 0 radical (unpaired) electrons. The highest BCUT2D eigenvalue weighted by Crippen LogP contribution is 2.43. The fraction of sp³-hybridized carbons (Fsp3) is 0.600. The fourth-order valence-electron chi connectivity index (χ4n) is 2.12. The molecule has 0 aromatic carbocycles. The summed E-state index contributed by atoms with van der Waals surface area (Å²) in [5.41, 5.74) is 0.943. The Morgan fingerprint density at radius 3 is 3.13 bits per heavy atom. The monoisotopic (exact) mass is 273 g/mol. The van der Waals surface area contributed by atoms with Gasteiger partial charge in [-0.2, -0.15) is 0 Å². The summed E-state index contributed by atoms with van der Waals surface area (Å²) in [6, 6.07) is 0. The number of halogens is 1. The van der Waals surface area contributed by atoms with Crippen LogP contribution in [0.5, 0.6) is 0 Å². The average molecular weight is 274 g/mol. The number of nitrogens with zero attached hydrogens (tertiary/aromatic N) is 1. The number of likely N-dealkylation sites (tertiary alicyclic amines) is 1. The normalized spacial score (nSPS) is 33.6. The number of hydrogen-bond acceptors (Lipinski definition) is 3. The van der Waals surface area contributed by atoms with Gasteiger partial charge >= 0.3 is 5.97 Å². The molecule has 5 heteroatoms. The number of methoxy groups -OCH3 is 1. The van der Waals surface area contributed by atoms with Gasteiger partial charge in [-0.15, -0.1) is 0 Å². The van der Waals surface area contributed by atoms with Gasteiger partial charge in [0, 0.05) is 18.2 Å². The van der Waals surface area contributed by atoms with E-state index >= 15 is 0 Å². The highest BCUT2D eigenvalue weighted by Gasteiger charge is 2.45. The molecule has 0 aromatic heterocycles. The minimum Gasteiger partial charge on any atom is -0.468 e. The van der Waals surface area contributed by atoms with Gasteiger partial charge in [0.1, 0.15) is 4.32 Å². The van der Waals surface area contributed by atoms with Crippen LogP contribution in [-0.4, -0.2) is 35.3 Å². The molecule has 2 unspecified atom stereocenters. The van der Waals surface area contributed by atoms with Crippen molar-refractivity contribution in [1.82, 2.24) is 4.90 Å². The van der Waals surface area contributed by atoms with Gasteiger partial charge in [-0.25, -0.2) is 0 Å². The molecule has 0 aromatic rings. The predicted octanol–water partition coefficient (Wildman–Crippen LogP) is 1.06. The molecule has 0 N–H and O–H groups in total. The Morgan fingerprint density at radius 2 is 2.53 bits per heavy atom. The van der Waals surface area contributed by atoms with Crippen molar-refractivity contribution in [2.45, 2.75) is 17.2 Å². The molecule has 82 valence electrons. The van der Waals surface area contributed by atoms with Gasteiger partial charge in [0.05, 0.1) is 7.11 Å². The lowest BCUT2D eigenvalue weighted by molar-refractivity contribution is -0.142. The number of carbonyl (C=O) groups excluding carboxylic acids is 2. The Kier molecular flexibility index (Phi) is 2.58. The summed E-state index contributed by atoms with van der Waals surface area (Å²) in [4.78, 5) is 23.8. The molecule has 1 aliphatic carbocycles. The lowest BCUT2D eigenvalue weighted by Crippen LogP contribution is -2.49. The first-order valence-electron chi connectivity index (χ1n) is 4.83. The van der Waals surface area contributed by atoms with E-state index in [1.807, 2.05) is 6.08 Å². The Hall–Kier alpha value is -0.840. The van der Waals surface area contributed by atoms with Crippen molar-refractivity contribution < 1.29 is 14.3 Å². The van der Waals surface area contributed by atoms with Gasteiger partial charge < -0.3 is 9.64 Å². The smallest absolute Gasteiger partial charge is 0.326 e. The molecule has 2 atom stereocenters. The fourth-order valence-corrected chi connectivity index (χ4v) is 2.75. The molecule has 1 aliphatic heterocycles. The SMILES string of the molecule is COC(=O)C1(Br)C=C2C(CC1)CN2C=O.